The number of carbonyl (C=O) groups is 1. The van der Waals surface area contributed by atoms with Crippen molar-refractivity contribution in [1.29, 1.82) is 0 Å². The van der Waals surface area contributed by atoms with Gasteiger partial charge in [-0.1, -0.05) is 12.1 Å². The molecule has 132 valence electrons. The molecular weight excluding hydrogens is 330 g/mol. The monoisotopic (exact) mass is 349 g/mol. The maximum Gasteiger partial charge on any atom is 0.289 e. The minimum Gasteiger partial charge on any atom is -0.451 e. The first kappa shape index (κ1) is 16.5. The molecule has 4 rings (SSSR count). The summed E-state index contributed by atoms with van der Waals surface area (Å²) in [6.45, 7) is 3.63. The number of benzene rings is 1. The van der Waals surface area contributed by atoms with Crippen molar-refractivity contribution in [2.75, 3.05) is 26.2 Å². The Morgan fingerprint density at radius 2 is 1.77 bits per heavy atom. The van der Waals surface area contributed by atoms with Gasteiger partial charge in [-0.2, -0.15) is 0 Å². The normalized spacial score (nSPS) is 15.3. The van der Waals surface area contributed by atoms with Crippen LogP contribution in [0.2, 0.25) is 0 Å². The molecule has 6 nitrogen and oxygen atoms in total. The maximum absolute atomic E-state index is 12.7. The number of pyridine rings is 1. The molecule has 1 aliphatic rings. The molecule has 6 heteroatoms. The number of aromatic nitrogens is 1. The molecule has 0 atom stereocenters. The van der Waals surface area contributed by atoms with Crippen LogP contribution in [0.4, 0.5) is 0 Å². The summed E-state index contributed by atoms with van der Waals surface area (Å²) < 4.78 is 5.67. The minimum atomic E-state index is -0.226. The van der Waals surface area contributed by atoms with Gasteiger partial charge in [-0.3, -0.25) is 19.5 Å². The number of nitrogens with zero attached hydrogens (tertiary/aromatic N) is 3. The van der Waals surface area contributed by atoms with Gasteiger partial charge in [0.2, 0.25) is 0 Å². The van der Waals surface area contributed by atoms with Crippen molar-refractivity contribution in [2.24, 2.45) is 0 Å². The van der Waals surface area contributed by atoms with Gasteiger partial charge in [-0.15, -0.1) is 0 Å². The van der Waals surface area contributed by atoms with Gasteiger partial charge in [0, 0.05) is 51.2 Å². The second kappa shape index (κ2) is 7.09. The number of amides is 1. The molecule has 3 aromatic rings. The Morgan fingerprint density at radius 1 is 1.04 bits per heavy atom. The van der Waals surface area contributed by atoms with Gasteiger partial charge in [0.15, 0.2) is 11.2 Å². The average molecular weight is 349 g/mol. The quantitative estimate of drug-likeness (QED) is 0.725. The molecule has 1 aliphatic heterocycles. The molecule has 1 saturated heterocycles. The van der Waals surface area contributed by atoms with Gasteiger partial charge < -0.3 is 9.32 Å². The maximum atomic E-state index is 12.7. The Hall–Kier alpha value is -2.99. The van der Waals surface area contributed by atoms with E-state index < -0.39 is 0 Å². The van der Waals surface area contributed by atoms with E-state index in [-0.39, 0.29) is 17.1 Å². The van der Waals surface area contributed by atoms with Crippen molar-refractivity contribution >= 4 is 16.9 Å². The smallest absolute Gasteiger partial charge is 0.289 e. The SMILES string of the molecule is O=C(c1cc(=O)c2ccccc2o1)N1CCN(Cc2ccncc2)CC1. The molecule has 1 amide bonds. The first-order valence-electron chi connectivity index (χ1n) is 8.64. The van der Waals surface area contributed by atoms with E-state index in [9.17, 15) is 9.59 Å². The summed E-state index contributed by atoms with van der Waals surface area (Å²) in [5.74, 6) is -0.118. The van der Waals surface area contributed by atoms with Crippen molar-refractivity contribution in [3.8, 4) is 0 Å². The number of rotatable bonds is 3. The highest BCUT2D eigenvalue weighted by Gasteiger charge is 2.24. The van der Waals surface area contributed by atoms with E-state index in [1.54, 1.807) is 41.6 Å². The molecule has 0 bridgehead atoms. The summed E-state index contributed by atoms with van der Waals surface area (Å²) in [5, 5.41) is 0.492. The highest BCUT2D eigenvalue weighted by atomic mass is 16.3. The van der Waals surface area contributed by atoms with Crippen molar-refractivity contribution in [1.82, 2.24) is 14.8 Å². The predicted octanol–water partition coefficient (Wildman–Crippen LogP) is 2.15. The molecule has 1 fully saturated rings. The molecule has 26 heavy (non-hydrogen) atoms. The molecule has 1 aromatic carbocycles. The van der Waals surface area contributed by atoms with Crippen LogP contribution < -0.4 is 5.43 Å². The molecule has 0 unspecified atom stereocenters. The standard InChI is InChI=1S/C20H19N3O3/c24-17-13-19(26-18-4-2-1-3-16(17)18)20(25)23-11-9-22(10-12-23)14-15-5-7-21-8-6-15/h1-8,13H,9-12,14H2. The van der Waals surface area contributed by atoms with E-state index in [2.05, 4.69) is 9.88 Å². The summed E-state index contributed by atoms with van der Waals surface area (Å²) in [6, 6.07) is 12.3. The van der Waals surface area contributed by atoms with Crippen LogP contribution in [0, 0.1) is 0 Å². The fourth-order valence-corrected chi connectivity index (χ4v) is 3.22. The summed E-state index contributed by atoms with van der Waals surface area (Å²) >= 11 is 0. The fraction of sp³-hybridized carbons (Fsp3) is 0.250. The molecule has 0 saturated carbocycles. The number of para-hydroxylation sites is 1. The number of piperazine rings is 1. The van der Waals surface area contributed by atoms with Crippen LogP contribution in [0.1, 0.15) is 16.1 Å². The second-order valence-corrected chi connectivity index (χ2v) is 6.39. The van der Waals surface area contributed by atoms with Crippen LogP contribution in [0.25, 0.3) is 11.0 Å². The van der Waals surface area contributed by atoms with Crippen molar-refractivity contribution in [3.05, 3.63) is 76.4 Å². The first-order chi connectivity index (χ1) is 12.7. The third-order valence-corrected chi connectivity index (χ3v) is 4.66. The zero-order valence-corrected chi connectivity index (χ0v) is 14.3. The highest BCUT2D eigenvalue weighted by molar-refractivity contribution is 5.93. The van der Waals surface area contributed by atoms with Gasteiger partial charge in [0.25, 0.3) is 5.91 Å². The van der Waals surface area contributed by atoms with Gasteiger partial charge >= 0.3 is 0 Å². The van der Waals surface area contributed by atoms with Crippen LogP contribution in [-0.4, -0.2) is 46.9 Å². The summed E-state index contributed by atoms with van der Waals surface area (Å²) in [5.41, 5.74) is 1.46. The topological polar surface area (TPSA) is 66.7 Å². The zero-order valence-electron chi connectivity index (χ0n) is 14.3. The summed E-state index contributed by atoms with van der Waals surface area (Å²) in [4.78, 5) is 33.0. The number of fused-ring (bicyclic) bond motifs is 1. The number of carbonyl (C=O) groups excluding carboxylic acids is 1. The van der Waals surface area contributed by atoms with Gasteiger partial charge in [0.05, 0.1) is 5.39 Å². The summed E-state index contributed by atoms with van der Waals surface area (Å²) in [7, 11) is 0. The minimum absolute atomic E-state index is 0.108. The molecular formula is C20H19N3O3. The zero-order chi connectivity index (χ0) is 17.9. The Labute approximate surface area is 150 Å². The van der Waals surface area contributed by atoms with Gasteiger partial charge in [0.1, 0.15) is 5.58 Å². The van der Waals surface area contributed by atoms with Crippen LogP contribution >= 0.6 is 0 Å². The molecule has 3 heterocycles. The predicted molar refractivity (Wildman–Crippen MR) is 97.9 cm³/mol. The molecule has 0 N–H and O–H groups in total. The Kier molecular flexibility index (Phi) is 4.50. The van der Waals surface area contributed by atoms with Crippen molar-refractivity contribution in [3.63, 3.8) is 0 Å². The van der Waals surface area contributed by atoms with E-state index >= 15 is 0 Å². The van der Waals surface area contributed by atoms with Crippen LogP contribution in [-0.2, 0) is 6.54 Å². The molecule has 0 spiro atoms. The Bertz CT molecular complexity index is 976. The lowest BCUT2D eigenvalue weighted by atomic mass is 10.2. The molecule has 0 radical (unpaired) electrons. The van der Waals surface area contributed by atoms with Crippen molar-refractivity contribution in [2.45, 2.75) is 6.54 Å². The second-order valence-electron chi connectivity index (χ2n) is 6.39. The van der Waals surface area contributed by atoms with Crippen LogP contribution in [0.15, 0.2) is 64.1 Å². The Morgan fingerprint density at radius 3 is 2.54 bits per heavy atom. The third kappa shape index (κ3) is 3.36. The molecule has 0 aliphatic carbocycles. The van der Waals surface area contributed by atoms with E-state index in [1.807, 2.05) is 12.1 Å². The van der Waals surface area contributed by atoms with E-state index in [0.717, 1.165) is 19.6 Å². The Balaban J connectivity index is 1.44. The fourth-order valence-electron chi connectivity index (χ4n) is 3.22. The number of hydrogen-bond acceptors (Lipinski definition) is 5. The average Bonchev–Trinajstić information content (AvgIpc) is 2.69. The lowest BCUT2D eigenvalue weighted by molar-refractivity contribution is 0.0598. The first-order valence-corrected chi connectivity index (χ1v) is 8.64. The van der Waals surface area contributed by atoms with Gasteiger partial charge in [-0.25, -0.2) is 0 Å². The van der Waals surface area contributed by atoms with Crippen LogP contribution in [0.5, 0.6) is 0 Å². The van der Waals surface area contributed by atoms with E-state index in [1.165, 1.54) is 11.6 Å². The van der Waals surface area contributed by atoms with E-state index in [0.29, 0.717) is 24.1 Å². The lowest BCUT2D eigenvalue weighted by Crippen LogP contribution is -2.48. The third-order valence-electron chi connectivity index (χ3n) is 4.66. The van der Waals surface area contributed by atoms with E-state index in [4.69, 9.17) is 4.42 Å². The largest absolute Gasteiger partial charge is 0.451 e. The van der Waals surface area contributed by atoms with Crippen LogP contribution in [0.3, 0.4) is 0 Å². The lowest BCUT2D eigenvalue weighted by Gasteiger charge is -2.34. The number of hydrogen-bond donors (Lipinski definition) is 0. The highest BCUT2D eigenvalue weighted by Crippen LogP contribution is 2.15. The van der Waals surface area contributed by atoms with Gasteiger partial charge in [-0.05, 0) is 29.8 Å². The summed E-state index contributed by atoms with van der Waals surface area (Å²) in [6.07, 6.45) is 3.58. The van der Waals surface area contributed by atoms with Crippen molar-refractivity contribution < 1.29 is 9.21 Å². The molecule has 2 aromatic heterocycles.